The highest BCUT2D eigenvalue weighted by atomic mass is 32.2. The molecule has 1 N–H and O–H groups in total. The van der Waals surface area contributed by atoms with Crippen LogP contribution in [0.4, 0.5) is 0 Å². The predicted molar refractivity (Wildman–Crippen MR) is 74.4 cm³/mol. The van der Waals surface area contributed by atoms with Crippen LogP contribution in [0.2, 0.25) is 0 Å². The lowest BCUT2D eigenvalue weighted by molar-refractivity contribution is 0.426. The number of rotatable bonds is 5. The molecule has 102 valence electrons. The first-order valence-electron chi connectivity index (χ1n) is 5.73. The molecule has 19 heavy (non-hydrogen) atoms. The number of nitrogens with one attached hydrogen (secondary N) is 1. The molecule has 0 saturated heterocycles. The highest BCUT2D eigenvalue weighted by Crippen LogP contribution is 2.23. The van der Waals surface area contributed by atoms with E-state index in [4.69, 9.17) is 4.42 Å². The monoisotopic (exact) mass is 298 g/mol. The maximum absolute atomic E-state index is 11.3. The standard InChI is InChI=1S/C11H14N4O2S2/c1-6(2)19-11-15-14-9(17-11)5-18-10-12-7(3)4-8(16)13-10/h4,6H,5H2,1-3H3,(H,12,13,16). The van der Waals surface area contributed by atoms with Crippen molar-refractivity contribution in [2.24, 2.45) is 0 Å². The van der Waals surface area contributed by atoms with Crippen LogP contribution >= 0.6 is 23.5 Å². The quantitative estimate of drug-likeness (QED) is 0.669. The van der Waals surface area contributed by atoms with Gasteiger partial charge in [0.25, 0.3) is 10.8 Å². The van der Waals surface area contributed by atoms with Crippen molar-refractivity contribution in [3.05, 3.63) is 28.0 Å². The van der Waals surface area contributed by atoms with E-state index in [0.29, 0.717) is 33.0 Å². The van der Waals surface area contributed by atoms with Gasteiger partial charge in [-0.2, -0.15) is 0 Å². The number of hydrogen-bond donors (Lipinski definition) is 1. The lowest BCUT2D eigenvalue weighted by Gasteiger charge is -1.99. The highest BCUT2D eigenvalue weighted by molar-refractivity contribution is 7.99. The third kappa shape index (κ3) is 4.39. The molecule has 0 amide bonds. The van der Waals surface area contributed by atoms with E-state index in [1.807, 2.05) is 0 Å². The van der Waals surface area contributed by atoms with Gasteiger partial charge >= 0.3 is 0 Å². The zero-order chi connectivity index (χ0) is 13.8. The summed E-state index contributed by atoms with van der Waals surface area (Å²) in [6, 6.07) is 1.45. The molecule has 6 nitrogen and oxygen atoms in total. The molecule has 0 fully saturated rings. The Morgan fingerprint density at radius 1 is 1.42 bits per heavy atom. The zero-order valence-electron chi connectivity index (χ0n) is 10.8. The fraction of sp³-hybridized carbons (Fsp3) is 0.455. The fourth-order valence-corrected chi connectivity index (χ4v) is 2.69. The molecule has 0 spiro atoms. The number of nitrogens with zero attached hydrogens (tertiary/aromatic N) is 3. The maximum atomic E-state index is 11.3. The van der Waals surface area contributed by atoms with Crippen molar-refractivity contribution in [3.8, 4) is 0 Å². The second-order valence-corrected chi connectivity index (χ2v) is 6.60. The molecule has 0 atom stereocenters. The largest absolute Gasteiger partial charge is 0.415 e. The van der Waals surface area contributed by atoms with Crippen molar-refractivity contribution >= 4 is 23.5 Å². The third-order valence-electron chi connectivity index (χ3n) is 1.97. The second-order valence-electron chi connectivity index (χ2n) is 4.11. The number of hydrogen-bond acceptors (Lipinski definition) is 7. The first-order chi connectivity index (χ1) is 9.02. The van der Waals surface area contributed by atoms with Crippen LogP contribution in [0.15, 0.2) is 25.7 Å². The van der Waals surface area contributed by atoms with Gasteiger partial charge in [-0.15, -0.1) is 10.2 Å². The molecule has 0 bridgehead atoms. The van der Waals surface area contributed by atoms with Crippen LogP contribution in [0.5, 0.6) is 0 Å². The third-order valence-corrected chi connectivity index (χ3v) is 3.66. The average molecular weight is 298 g/mol. The molecule has 2 aromatic rings. The first-order valence-corrected chi connectivity index (χ1v) is 7.59. The van der Waals surface area contributed by atoms with Gasteiger partial charge in [-0.3, -0.25) is 4.79 Å². The lowest BCUT2D eigenvalue weighted by Crippen LogP contribution is -2.08. The van der Waals surface area contributed by atoms with Gasteiger partial charge in [0.15, 0.2) is 5.16 Å². The Labute approximate surface area is 118 Å². The van der Waals surface area contributed by atoms with E-state index in [-0.39, 0.29) is 5.56 Å². The number of thioether (sulfide) groups is 2. The predicted octanol–water partition coefficient (Wildman–Crippen LogP) is 2.25. The summed E-state index contributed by atoms with van der Waals surface area (Å²) < 4.78 is 5.48. The van der Waals surface area contributed by atoms with Crippen LogP contribution in [0.3, 0.4) is 0 Å². The molecule has 2 aromatic heterocycles. The Morgan fingerprint density at radius 3 is 2.89 bits per heavy atom. The van der Waals surface area contributed by atoms with E-state index >= 15 is 0 Å². The molecule has 0 unspecified atom stereocenters. The minimum absolute atomic E-state index is 0.156. The first kappa shape index (κ1) is 14.1. The number of aryl methyl sites for hydroxylation is 1. The summed E-state index contributed by atoms with van der Waals surface area (Å²) in [4.78, 5) is 18.2. The van der Waals surface area contributed by atoms with Crippen molar-refractivity contribution < 1.29 is 4.42 Å². The van der Waals surface area contributed by atoms with Gasteiger partial charge in [-0.1, -0.05) is 37.4 Å². The van der Waals surface area contributed by atoms with Crippen molar-refractivity contribution in [2.75, 3.05) is 0 Å². The molecule has 0 aliphatic carbocycles. The van der Waals surface area contributed by atoms with Gasteiger partial charge in [-0.05, 0) is 6.92 Å². The average Bonchev–Trinajstić information content (AvgIpc) is 2.72. The van der Waals surface area contributed by atoms with Gasteiger partial charge in [-0.25, -0.2) is 4.98 Å². The zero-order valence-corrected chi connectivity index (χ0v) is 12.5. The van der Waals surface area contributed by atoms with Crippen LogP contribution in [-0.2, 0) is 5.75 Å². The topological polar surface area (TPSA) is 84.7 Å². The molecule has 0 aromatic carbocycles. The minimum Gasteiger partial charge on any atom is -0.415 e. The van der Waals surface area contributed by atoms with Crippen LogP contribution in [0.1, 0.15) is 25.4 Å². The van der Waals surface area contributed by atoms with Crippen molar-refractivity contribution in [2.45, 2.75) is 42.2 Å². The van der Waals surface area contributed by atoms with Gasteiger partial charge in [0.2, 0.25) is 5.89 Å². The Kier molecular flexibility index (Phi) is 4.65. The maximum Gasteiger partial charge on any atom is 0.276 e. The Balaban J connectivity index is 1.98. The van der Waals surface area contributed by atoms with Crippen molar-refractivity contribution in [3.63, 3.8) is 0 Å². The van der Waals surface area contributed by atoms with E-state index in [1.54, 1.807) is 6.92 Å². The van der Waals surface area contributed by atoms with Crippen LogP contribution < -0.4 is 5.56 Å². The summed E-state index contributed by atoms with van der Waals surface area (Å²) in [5.74, 6) is 1.01. The molecule has 0 aliphatic rings. The fourth-order valence-electron chi connectivity index (χ4n) is 1.30. The lowest BCUT2D eigenvalue weighted by atomic mass is 10.5. The smallest absolute Gasteiger partial charge is 0.276 e. The number of H-pyrrole nitrogens is 1. The van der Waals surface area contributed by atoms with Gasteiger partial charge in [0.05, 0.1) is 5.75 Å². The Bertz CT molecular complexity index is 609. The van der Waals surface area contributed by atoms with Crippen LogP contribution in [-0.4, -0.2) is 25.4 Å². The van der Waals surface area contributed by atoms with Crippen LogP contribution in [0.25, 0.3) is 0 Å². The Hall–Kier alpha value is -1.28. The SMILES string of the molecule is Cc1cc(=O)[nH]c(SCc2nnc(SC(C)C)o2)n1. The molecule has 8 heteroatoms. The van der Waals surface area contributed by atoms with Crippen molar-refractivity contribution in [1.29, 1.82) is 0 Å². The summed E-state index contributed by atoms with van der Waals surface area (Å²) in [7, 11) is 0. The van der Waals surface area contributed by atoms with E-state index in [9.17, 15) is 4.79 Å². The molecule has 2 heterocycles. The molecule has 0 aliphatic heterocycles. The van der Waals surface area contributed by atoms with Crippen LogP contribution in [0, 0.1) is 6.92 Å². The summed E-state index contributed by atoms with van der Waals surface area (Å²) in [6.45, 7) is 5.90. The molecule has 0 radical (unpaired) electrons. The van der Waals surface area contributed by atoms with Crippen molar-refractivity contribution in [1.82, 2.24) is 20.2 Å². The van der Waals surface area contributed by atoms with E-state index < -0.39 is 0 Å². The summed E-state index contributed by atoms with van der Waals surface area (Å²) in [5.41, 5.74) is 0.532. The van der Waals surface area contributed by atoms with Gasteiger partial charge < -0.3 is 9.40 Å². The molecular weight excluding hydrogens is 284 g/mol. The second kappa shape index (κ2) is 6.25. The van der Waals surface area contributed by atoms with Gasteiger partial charge in [0.1, 0.15) is 0 Å². The number of aromatic nitrogens is 4. The highest BCUT2D eigenvalue weighted by Gasteiger charge is 2.09. The summed E-state index contributed by atoms with van der Waals surface area (Å²) in [6.07, 6.45) is 0. The minimum atomic E-state index is -0.156. The van der Waals surface area contributed by atoms with E-state index in [2.05, 4.69) is 34.0 Å². The normalized spacial score (nSPS) is 11.2. The van der Waals surface area contributed by atoms with Gasteiger partial charge in [0, 0.05) is 17.0 Å². The van der Waals surface area contributed by atoms with E-state index in [0.717, 1.165) is 0 Å². The molecule has 2 rings (SSSR count). The molecular formula is C11H14N4O2S2. The summed E-state index contributed by atoms with van der Waals surface area (Å²) >= 11 is 2.88. The Morgan fingerprint density at radius 2 is 2.21 bits per heavy atom. The summed E-state index contributed by atoms with van der Waals surface area (Å²) in [5, 5.41) is 9.42. The number of aromatic amines is 1. The van der Waals surface area contributed by atoms with E-state index in [1.165, 1.54) is 29.6 Å². The molecule has 0 saturated carbocycles.